The summed E-state index contributed by atoms with van der Waals surface area (Å²) in [7, 11) is 0. The van der Waals surface area contributed by atoms with Gasteiger partial charge in [-0.25, -0.2) is 5.84 Å². The highest BCUT2D eigenvalue weighted by molar-refractivity contribution is 7.12. The molecule has 0 spiro atoms. The van der Waals surface area contributed by atoms with Crippen LogP contribution in [-0.4, -0.2) is 5.91 Å². The lowest BCUT2D eigenvalue weighted by Crippen LogP contribution is -2.30. The number of rotatable bonds is 4. The number of nitrogens with two attached hydrogens (primary N) is 1. The summed E-state index contributed by atoms with van der Waals surface area (Å²) in [5.41, 5.74) is 5.28. The third-order valence-corrected chi connectivity index (χ3v) is 3.98. The van der Waals surface area contributed by atoms with E-state index in [1.807, 2.05) is 43.5 Å². The van der Waals surface area contributed by atoms with E-state index in [0.717, 1.165) is 16.9 Å². The number of hydrogen-bond donors (Lipinski definition) is 2. The molecule has 2 aromatic rings. The minimum absolute atomic E-state index is 0.283. The fraction of sp³-hybridized carbons (Fsp3) is 0.214. The van der Waals surface area contributed by atoms with Gasteiger partial charge in [-0.1, -0.05) is 12.1 Å². The molecule has 1 amide bonds. The molecule has 5 heteroatoms. The number of aryl methyl sites for hydroxylation is 1. The van der Waals surface area contributed by atoms with Crippen molar-refractivity contribution >= 4 is 17.2 Å². The van der Waals surface area contributed by atoms with Gasteiger partial charge in [-0.05, 0) is 42.5 Å². The van der Waals surface area contributed by atoms with Crippen molar-refractivity contribution in [3.05, 3.63) is 51.2 Å². The lowest BCUT2D eigenvalue weighted by molar-refractivity contribution is 0.0955. The van der Waals surface area contributed by atoms with E-state index in [1.54, 1.807) is 0 Å². The van der Waals surface area contributed by atoms with Gasteiger partial charge in [0.05, 0.1) is 4.88 Å². The van der Waals surface area contributed by atoms with Crippen LogP contribution in [0, 0.1) is 13.8 Å². The van der Waals surface area contributed by atoms with E-state index in [-0.39, 0.29) is 5.91 Å². The van der Waals surface area contributed by atoms with Crippen LogP contribution in [0.25, 0.3) is 0 Å². The van der Waals surface area contributed by atoms with Gasteiger partial charge in [-0.2, -0.15) is 0 Å². The average molecular weight is 276 g/mol. The van der Waals surface area contributed by atoms with Gasteiger partial charge in [0.2, 0.25) is 0 Å². The molecule has 0 aliphatic carbocycles. The van der Waals surface area contributed by atoms with Gasteiger partial charge in [0.1, 0.15) is 12.4 Å². The minimum atomic E-state index is -0.283. The van der Waals surface area contributed by atoms with E-state index >= 15 is 0 Å². The van der Waals surface area contributed by atoms with Crippen molar-refractivity contribution in [3.8, 4) is 5.75 Å². The highest BCUT2D eigenvalue weighted by Gasteiger charge is 2.12. The molecule has 100 valence electrons. The zero-order chi connectivity index (χ0) is 13.8. The quantitative estimate of drug-likeness (QED) is 0.512. The molecule has 0 aliphatic rings. The Hall–Kier alpha value is -1.85. The topological polar surface area (TPSA) is 64.3 Å². The Morgan fingerprint density at radius 3 is 2.89 bits per heavy atom. The average Bonchev–Trinajstić information content (AvgIpc) is 2.88. The zero-order valence-corrected chi connectivity index (χ0v) is 11.7. The van der Waals surface area contributed by atoms with Crippen LogP contribution < -0.4 is 16.0 Å². The predicted molar refractivity (Wildman–Crippen MR) is 76.2 cm³/mol. The second kappa shape index (κ2) is 5.86. The number of hydrogen-bond acceptors (Lipinski definition) is 4. The molecule has 19 heavy (non-hydrogen) atoms. The van der Waals surface area contributed by atoms with E-state index in [4.69, 9.17) is 10.6 Å². The Bertz CT molecular complexity index is 593. The number of amides is 1. The summed E-state index contributed by atoms with van der Waals surface area (Å²) in [5, 5.41) is 1.85. The van der Waals surface area contributed by atoms with Gasteiger partial charge in [0.25, 0.3) is 5.91 Å². The van der Waals surface area contributed by atoms with E-state index in [0.29, 0.717) is 11.5 Å². The Balaban J connectivity index is 2.13. The first kappa shape index (κ1) is 13.6. The van der Waals surface area contributed by atoms with Crippen LogP contribution in [-0.2, 0) is 6.61 Å². The fourth-order valence-electron chi connectivity index (χ4n) is 1.75. The molecular weight excluding hydrogens is 260 g/mol. The summed E-state index contributed by atoms with van der Waals surface area (Å²) in [4.78, 5) is 12.1. The van der Waals surface area contributed by atoms with Gasteiger partial charge in [-0.3, -0.25) is 10.2 Å². The molecule has 1 heterocycles. The van der Waals surface area contributed by atoms with Crippen molar-refractivity contribution < 1.29 is 9.53 Å². The Kier molecular flexibility index (Phi) is 4.19. The van der Waals surface area contributed by atoms with Gasteiger partial charge >= 0.3 is 0 Å². The Morgan fingerprint density at radius 1 is 1.37 bits per heavy atom. The molecule has 0 bridgehead atoms. The monoisotopic (exact) mass is 276 g/mol. The van der Waals surface area contributed by atoms with E-state index in [9.17, 15) is 4.79 Å². The van der Waals surface area contributed by atoms with Gasteiger partial charge in [0.15, 0.2) is 0 Å². The normalized spacial score (nSPS) is 10.3. The molecular formula is C14H16N2O2S. The zero-order valence-electron chi connectivity index (χ0n) is 10.9. The van der Waals surface area contributed by atoms with E-state index in [2.05, 4.69) is 5.43 Å². The number of nitrogens with one attached hydrogen (secondary N) is 1. The summed E-state index contributed by atoms with van der Waals surface area (Å²) in [6.45, 7) is 4.42. The molecule has 0 atom stereocenters. The number of carbonyl (C=O) groups excluding carboxylic acids is 1. The van der Waals surface area contributed by atoms with E-state index < -0.39 is 0 Å². The Morgan fingerprint density at radius 2 is 2.16 bits per heavy atom. The summed E-state index contributed by atoms with van der Waals surface area (Å²) in [6, 6.07) is 7.80. The van der Waals surface area contributed by atoms with Crippen molar-refractivity contribution in [1.82, 2.24) is 5.43 Å². The number of benzene rings is 1. The highest BCUT2D eigenvalue weighted by atomic mass is 32.1. The molecule has 0 radical (unpaired) electrons. The van der Waals surface area contributed by atoms with Gasteiger partial charge in [0, 0.05) is 5.56 Å². The smallest absolute Gasteiger partial charge is 0.275 e. The molecule has 4 nitrogen and oxygen atoms in total. The molecule has 3 N–H and O–H groups in total. The second-order valence-electron chi connectivity index (χ2n) is 4.24. The number of ether oxygens (including phenoxy) is 1. The van der Waals surface area contributed by atoms with Crippen molar-refractivity contribution in [2.24, 2.45) is 5.84 Å². The molecule has 0 saturated heterocycles. The van der Waals surface area contributed by atoms with Crippen LogP contribution in [0.2, 0.25) is 0 Å². The maximum atomic E-state index is 11.5. The van der Waals surface area contributed by atoms with Crippen LogP contribution in [0.1, 0.15) is 26.4 Å². The van der Waals surface area contributed by atoms with Crippen LogP contribution in [0.4, 0.5) is 0 Å². The van der Waals surface area contributed by atoms with Crippen molar-refractivity contribution in [2.75, 3.05) is 0 Å². The molecule has 0 aliphatic heterocycles. The third kappa shape index (κ3) is 2.94. The van der Waals surface area contributed by atoms with Gasteiger partial charge in [-0.15, -0.1) is 11.3 Å². The Labute approximate surface area is 116 Å². The molecule has 0 saturated carbocycles. The minimum Gasteiger partial charge on any atom is -0.489 e. The first-order valence-electron chi connectivity index (χ1n) is 5.90. The maximum Gasteiger partial charge on any atom is 0.275 e. The summed E-state index contributed by atoms with van der Waals surface area (Å²) < 4.78 is 5.78. The number of carbonyl (C=O) groups is 1. The number of nitrogen functional groups attached to an aromatic ring is 1. The highest BCUT2D eigenvalue weighted by Crippen LogP contribution is 2.23. The molecule has 0 fully saturated rings. The van der Waals surface area contributed by atoms with Crippen molar-refractivity contribution in [3.63, 3.8) is 0 Å². The maximum absolute atomic E-state index is 11.5. The standard InChI is InChI=1S/C14H16N2O2S/c1-9-4-3-5-12(10(9)2)18-8-11-6-7-19-13(11)14(17)16-15/h3-7H,8,15H2,1-2H3,(H,16,17). The summed E-state index contributed by atoms with van der Waals surface area (Å²) >= 11 is 1.35. The largest absolute Gasteiger partial charge is 0.489 e. The predicted octanol–water partition coefficient (Wildman–Crippen LogP) is 2.55. The molecule has 2 rings (SSSR count). The SMILES string of the molecule is Cc1cccc(OCc2ccsc2C(=O)NN)c1C. The third-order valence-electron chi connectivity index (χ3n) is 3.02. The van der Waals surface area contributed by atoms with Crippen LogP contribution in [0.3, 0.4) is 0 Å². The van der Waals surface area contributed by atoms with Crippen molar-refractivity contribution in [1.29, 1.82) is 0 Å². The van der Waals surface area contributed by atoms with Crippen LogP contribution >= 0.6 is 11.3 Å². The van der Waals surface area contributed by atoms with Gasteiger partial charge < -0.3 is 4.74 Å². The summed E-state index contributed by atoms with van der Waals surface area (Å²) in [6.07, 6.45) is 0. The molecule has 1 aromatic heterocycles. The first-order valence-corrected chi connectivity index (χ1v) is 6.77. The molecule has 0 unspecified atom stereocenters. The van der Waals surface area contributed by atoms with Crippen LogP contribution in [0.15, 0.2) is 29.6 Å². The number of thiophene rings is 1. The second-order valence-corrected chi connectivity index (χ2v) is 5.15. The van der Waals surface area contributed by atoms with Crippen molar-refractivity contribution in [2.45, 2.75) is 20.5 Å². The van der Waals surface area contributed by atoms with Crippen LogP contribution in [0.5, 0.6) is 5.75 Å². The lowest BCUT2D eigenvalue weighted by atomic mass is 10.1. The first-order chi connectivity index (χ1) is 9.13. The molecule has 1 aromatic carbocycles. The van der Waals surface area contributed by atoms with E-state index in [1.165, 1.54) is 16.9 Å². The lowest BCUT2D eigenvalue weighted by Gasteiger charge is -2.11. The summed E-state index contributed by atoms with van der Waals surface area (Å²) in [5.74, 6) is 5.71. The number of hydrazine groups is 1. The fourth-order valence-corrected chi connectivity index (χ4v) is 2.56.